The highest BCUT2D eigenvalue weighted by atomic mass is 16.6. The van der Waals surface area contributed by atoms with Gasteiger partial charge in [0.1, 0.15) is 6.61 Å². The van der Waals surface area contributed by atoms with Crippen LogP contribution in [0.2, 0.25) is 0 Å². The third-order valence-corrected chi connectivity index (χ3v) is 3.14. The van der Waals surface area contributed by atoms with Crippen molar-refractivity contribution in [1.29, 1.82) is 5.26 Å². The smallest absolute Gasteiger partial charge is 0.410 e. The summed E-state index contributed by atoms with van der Waals surface area (Å²) in [6.07, 6.45) is 1.93. The number of carbonyl (C=O) groups is 1. The first-order chi connectivity index (χ1) is 8.81. The monoisotopic (exact) mass is 244 g/mol. The lowest BCUT2D eigenvalue weighted by Gasteiger charge is -2.22. The maximum absolute atomic E-state index is 11.9. The van der Waals surface area contributed by atoms with E-state index in [1.807, 2.05) is 30.3 Å². The van der Waals surface area contributed by atoms with Crippen LogP contribution in [0.1, 0.15) is 24.8 Å². The summed E-state index contributed by atoms with van der Waals surface area (Å²) in [5, 5.41) is 8.71. The van der Waals surface area contributed by atoms with Gasteiger partial charge in [0, 0.05) is 12.6 Å². The molecule has 0 aromatic heterocycles. The first-order valence-electron chi connectivity index (χ1n) is 6.15. The van der Waals surface area contributed by atoms with Crippen molar-refractivity contribution >= 4 is 6.09 Å². The summed E-state index contributed by atoms with van der Waals surface area (Å²) >= 11 is 0. The second-order valence-electron chi connectivity index (χ2n) is 4.39. The normalized spacial score (nSPS) is 18.4. The molecule has 0 aliphatic carbocycles. The van der Waals surface area contributed by atoms with Crippen molar-refractivity contribution < 1.29 is 9.53 Å². The molecule has 1 aromatic rings. The fourth-order valence-corrected chi connectivity index (χ4v) is 2.20. The zero-order chi connectivity index (χ0) is 12.8. The molecule has 1 amide bonds. The highest BCUT2D eigenvalue weighted by Crippen LogP contribution is 2.20. The molecule has 0 spiro atoms. The van der Waals surface area contributed by atoms with Gasteiger partial charge in [-0.1, -0.05) is 30.3 Å². The molecule has 1 fully saturated rings. The number of hydrogen-bond donors (Lipinski definition) is 0. The highest BCUT2D eigenvalue weighted by Gasteiger charge is 2.29. The molecule has 1 atom stereocenters. The lowest BCUT2D eigenvalue weighted by atomic mass is 10.2. The van der Waals surface area contributed by atoms with Crippen LogP contribution in [0.25, 0.3) is 0 Å². The average molecular weight is 244 g/mol. The highest BCUT2D eigenvalue weighted by molar-refractivity contribution is 5.68. The molecule has 0 bridgehead atoms. The van der Waals surface area contributed by atoms with Gasteiger partial charge in [0.25, 0.3) is 0 Å². The molecule has 18 heavy (non-hydrogen) atoms. The summed E-state index contributed by atoms with van der Waals surface area (Å²) < 4.78 is 5.27. The number of likely N-dealkylation sites (tertiary alicyclic amines) is 1. The second-order valence-corrected chi connectivity index (χ2v) is 4.39. The molecular formula is C14H16N2O2. The van der Waals surface area contributed by atoms with Gasteiger partial charge in [-0.25, -0.2) is 4.79 Å². The molecule has 1 unspecified atom stereocenters. The van der Waals surface area contributed by atoms with Crippen LogP contribution in [-0.4, -0.2) is 23.6 Å². The molecular weight excluding hydrogens is 228 g/mol. The van der Waals surface area contributed by atoms with E-state index in [1.165, 1.54) is 0 Å². The minimum Gasteiger partial charge on any atom is -0.445 e. The fraction of sp³-hybridized carbons (Fsp3) is 0.429. The van der Waals surface area contributed by atoms with Gasteiger partial charge in [-0.3, -0.25) is 0 Å². The van der Waals surface area contributed by atoms with Crippen LogP contribution in [0.4, 0.5) is 4.79 Å². The first-order valence-corrected chi connectivity index (χ1v) is 6.15. The predicted molar refractivity (Wildman–Crippen MR) is 66.6 cm³/mol. The van der Waals surface area contributed by atoms with E-state index in [1.54, 1.807) is 4.90 Å². The van der Waals surface area contributed by atoms with Crippen LogP contribution < -0.4 is 0 Å². The van der Waals surface area contributed by atoms with E-state index < -0.39 is 0 Å². The number of nitrogens with zero attached hydrogens (tertiary/aromatic N) is 2. The molecule has 1 heterocycles. The average Bonchev–Trinajstić information content (AvgIpc) is 2.86. The second kappa shape index (κ2) is 6.06. The first kappa shape index (κ1) is 12.4. The van der Waals surface area contributed by atoms with Crippen LogP contribution in [0.3, 0.4) is 0 Å². The van der Waals surface area contributed by atoms with Crippen molar-refractivity contribution in [3.8, 4) is 6.07 Å². The van der Waals surface area contributed by atoms with Gasteiger partial charge < -0.3 is 9.64 Å². The number of ether oxygens (including phenoxy) is 1. The number of benzene rings is 1. The summed E-state index contributed by atoms with van der Waals surface area (Å²) in [6.45, 7) is 0.982. The largest absolute Gasteiger partial charge is 0.445 e. The number of hydrogen-bond acceptors (Lipinski definition) is 3. The number of nitriles is 1. The zero-order valence-corrected chi connectivity index (χ0v) is 10.2. The van der Waals surface area contributed by atoms with E-state index in [4.69, 9.17) is 10.00 Å². The van der Waals surface area contributed by atoms with Gasteiger partial charge in [-0.15, -0.1) is 0 Å². The van der Waals surface area contributed by atoms with Gasteiger partial charge in [-0.05, 0) is 18.4 Å². The van der Waals surface area contributed by atoms with Crippen LogP contribution in [-0.2, 0) is 11.3 Å². The summed E-state index contributed by atoms with van der Waals surface area (Å²) in [4.78, 5) is 13.6. The summed E-state index contributed by atoms with van der Waals surface area (Å²) in [7, 11) is 0. The molecule has 1 aliphatic rings. The molecule has 94 valence electrons. The van der Waals surface area contributed by atoms with Gasteiger partial charge >= 0.3 is 6.09 Å². The molecule has 1 aliphatic heterocycles. The van der Waals surface area contributed by atoms with Gasteiger partial charge in [0.15, 0.2) is 0 Å². The summed E-state index contributed by atoms with van der Waals surface area (Å²) in [5.74, 6) is 0. The van der Waals surface area contributed by atoms with Crippen LogP contribution in [0, 0.1) is 11.3 Å². The Morgan fingerprint density at radius 1 is 1.44 bits per heavy atom. The molecule has 2 rings (SSSR count). The molecule has 0 saturated carbocycles. The molecule has 1 saturated heterocycles. The third-order valence-electron chi connectivity index (χ3n) is 3.14. The molecule has 4 heteroatoms. The van der Waals surface area contributed by atoms with Gasteiger partial charge in [0.2, 0.25) is 0 Å². The Bertz CT molecular complexity index is 439. The Hall–Kier alpha value is -2.02. The minimum atomic E-state index is -0.309. The van der Waals surface area contributed by atoms with Crippen molar-refractivity contribution in [2.45, 2.75) is 31.9 Å². The van der Waals surface area contributed by atoms with Gasteiger partial charge in [0.05, 0.1) is 12.5 Å². The SMILES string of the molecule is N#CCC1CCCN1C(=O)OCc1ccccc1. The van der Waals surface area contributed by atoms with E-state index in [0.29, 0.717) is 13.0 Å². The Morgan fingerprint density at radius 2 is 2.22 bits per heavy atom. The minimum absolute atomic E-state index is 0.0262. The molecule has 4 nitrogen and oxygen atoms in total. The number of amides is 1. The lowest BCUT2D eigenvalue weighted by molar-refractivity contribution is 0.0927. The number of carbonyl (C=O) groups excluding carboxylic acids is 1. The van der Waals surface area contributed by atoms with Crippen molar-refractivity contribution in [2.24, 2.45) is 0 Å². The van der Waals surface area contributed by atoms with E-state index in [9.17, 15) is 4.79 Å². The number of rotatable bonds is 3. The van der Waals surface area contributed by atoms with Crippen molar-refractivity contribution in [3.05, 3.63) is 35.9 Å². The summed E-state index contributed by atoms with van der Waals surface area (Å²) in [5.41, 5.74) is 0.974. The molecule has 0 N–H and O–H groups in total. The van der Waals surface area contributed by atoms with E-state index in [0.717, 1.165) is 18.4 Å². The Labute approximate surface area is 107 Å². The summed E-state index contributed by atoms with van der Waals surface area (Å²) in [6, 6.07) is 11.7. The standard InChI is InChI=1S/C14H16N2O2/c15-9-8-13-7-4-10-16(13)14(17)18-11-12-5-2-1-3-6-12/h1-3,5-6,13H,4,7-8,10-11H2. The van der Waals surface area contributed by atoms with E-state index >= 15 is 0 Å². The quantitative estimate of drug-likeness (QED) is 0.821. The third kappa shape index (κ3) is 3.01. The van der Waals surface area contributed by atoms with Crippen LogP contribution in [0.5, 0.6) is 0 Å². The lowest BCUT2D eigenvalue weighted by Crippen LogP contribution is -2.35. The van der Waals surface area contributed by atoms with E-state index in [2.05, 4.69) is 6.07 Å². The Kier molecular flexibility index (Phi) is 4.19. The van der Waals surface area contributed by atoms with Crippen LogP contribution in [0.15, 0.2) is 30.3 Å². The maximum Gasteiger partial charge on any atom is 0.410 e. The van der Waals surface area contributed by atoms with Crippen molar-refractivity contribution in [2.75, 3.05) is 6.54 Å². The molecule has 1 aromatic carbocycles. The van der Waals surface area contributed by atoms with Crippen molar-refractivity contribution in [1.82, 2.24) is 4.90 Å². The van der Waals surface area contributed by atoms with Crippen molar-refractivity contribution in [3.63, 3.8) is 0 Å². The zero-order valence-electron chi connectivity index (χ0n) is 10.2. The Morgan fingerprint density at radius 3 is 2.94 bits per heavy atom. The van der Waals surface area contributed by atoms with E-state index in [-0.39, 0.29) is 18.7 Å². The van der Waals surface area contributed by atoms with Gasteiger partial charge in [-0.2, -0.15) is 5.26 Å². The fourth-order valence-electron chi connectivity index (χ4n) is 2.20. The topological polar surface area (TPSA) is 53.3 Å². The maximum atomic E-state index is 11.9. The predicted octanol–water partition coefficient (Wildman–Crippen LogP) is 2.70. The van der Waals surface area contributed by atoms with Crippen LogP contribution >= 0.6 is 0 Å². The Balaban J connectivity index is 1.86. The molecule has 0 radical (unpaired) electrons.